The normalized spacial score (nSPS) is 15.2. The highest BCUT2D eigenvalue weighted by molar-refractivity contribution is 7.92. The summed E-state index contributed by atoms with van der Waals surface area (Å²) in [5.41, 5.74) is 1.43. The van der Waals surface area contributed by atoms with Crippen LogP contribution < -0.4 is 9.62 Å². The van der Waals surface area contributed by atoms with Crippen LogP contribution in [-0.4, -0.2) is 31.3 Å². The van der Waals surface area contributed by atoms with Gasteiger partial charge in [0.15, 0.2) is 5.03 Å². The largest absolute Gasteiger partial charge is 0.383 e. The van der Waals surface area contributed by atoms with Gasteiger partial charge in [0.1, 0.15) is 0 Å². The second-order valence-corrected chi connectivity index (χ2v) is 6.98. The number of rotatable bonds is 2. The van der Waals surface area contributed by atoms with Gasteiger partial charge >= 0.3 is 0 Å². The quantitative estimate of drug-likeness (QED) is 0.917. The fraction of sp³-hybridized carbons (Fsp3) is 0.308. The van der Waals surface area contributed by atoms with E-state index in [1.807, 2.05) is 18.2 Å². The number of sulfonamides is 1. The SMILES string of the molecule is Cn1ncc(Cl)c1S(=O)(=O)N1CCCNc2ccccc21. The maximum Gasteiger partial charge on any atom is 0.283 e. The van der Waals surface area contributed by atoms with Crippen LogP contribution in [0.1, 0.15) is 6.42 Å². The molecular weight excluding hydrogens is 312 g/mol. The molecule has 6 nitrogen and oxygen atoms in total. The van der Waals surface area contributed by atoms with Gasteiger partial charge in [-0.3, -0.25) is 8.99 Å². The van der Waals surface area contributed by atoms with Crippen LogP contribution in [0.15, 0.2) is 35.5 Å². The van der Waals surface area contributed by atoms with Crippen molar-refractivity contribution in [3.05, 3.63) is 35.5 Å². The van der Waals surface area contributed by atoms with E-state index in [0.29, 0.717) is 18.7 Å². The molecule has 0 fully saturated rings. The molecule has 0 radical (unpaired) electrons. The van der Waals surface area contributed by atoms with Gasteiger partial charge in [0.05, 0.1) is 22.6 Å². The Morgan fingerprint density at radius 2 is 2.10 bits per heavy atom. The van der Waals surface area contributed by atoms with Crippen molar-refractivity contribution in [1.82, 2.24) is 9.78 Å². The van der Waals surface area contributed by atoms with E-state index < -0.39 is 10.0 Å². The molecule has 8 heteroatoms. The topological polar surface area (TPSA) is 67.2 Å². The summed E-state index contributed by atoms with van der Waals surface area (Å²) in [6.45, 7) is 1.12. The molecule has 2 heterocycles. The predicted octanol–water partition coefficient (Wildman–Crippen LogP) is 2.08. The Morgan fingerprint density at radius 1 is 1.33 bits per heavy atom. The van der Waals surface area contributed by atoms with E-state index in [-0.39, 0.29) is 10.0 Å². The molecule has 2 aromatic rings. The lowest BCUT2D eigenvalue weighted by Crippen LogP contribution is -2.33. The van der Waals surface area contributed by atoms with Crippen LogP contribution in [0.25, 0.3) is 0 Å². The first kappa shape index (κ1) is 14.2. The second-order valence-electron chi connectivity index (χ2n) is 4.80. The van der Waals surface area contributed by atoms with Crippen LogP contribution in [0.5, 0.6) is 0 Å². The fourth-order valence-electron chi connectivity index (χ4n) is 2.45. The fourth-order valence-corrected chi connectivity index (χ4v) is 4.59. The summed E-state index contributed by atoms with van der Waals surface area (Å²) in [7, 11) is -2.18. The molecular formula is C13H15ClN4O2S. The van der Waals surface area contributed by atoms with Crippen LogP contribution in [0.2, 0.25) is 5.02 Å². The van der Waals surface area contributed by atoms with E-state index in [1.165, 1.54) is 15.2 Å². The highest BCUT2D eigenvalue weighted by atomic mass is 35.5. The Morgan fingerprint density at radius 3 is 2.81 bits per heavy atom. The highest BCUT2D eigenvalue weighted by Gasteiger charge is 2.32. The predicted molar refractivity (Wildman–Crippen MR) is 82.3 cm³/mol. The van der Waals surface area contributed by atoms with Gasteiger partial charge in [-0.15, -0.1) is 0 Å². The van der Waals surface area contributed by atoms with Crippen LogP contribution in [0.4, 0.5) is 11.4 Å². The number of nitrogens with one attached hydrogen (secondary N) is 1. The number of para-hydroxylation sites is 2. The smallest absolute Gasteiger partial charge is 0.283 e. The Balaban J connectivity index is 2.16. The second kappa shape index (κ2) is 5.23. The third kappa shape index (κ3) is 2.36. The molecule has 0 aliphatic carbocycles. The van der Waals surface area contributed by atoms with Crippen molar-refractivity contribution in [3.8, 4) is 0 Å². The molecule has 1 aromatic heterocycles. The van der Waals surface area contributed by atoms with E-state index in [0.717, 1.165) is 12.2 Å². The van der Waals surface area contributed by atoms with Crippen LogP contribution >= 0.6 is 11.6 Å². The zero-order chi connectivity index (χ0) is 15.0. The molecule has 0 bridgehead atoms. The number of aromatic nitrogens is 2. The number of aryl methyl sites for hydroxylation is 1. The zero-order valence-electron chi connectivity index (χ0n) is 11.5. The average molecular weight is 327 g/mol. The number of anilines is 2. The van der Waals surface area contributed by atoms with Crippen molar-refractivity contribution in [2.45, 2.75) is 11.4 Å². The van der Waals surface area contributed by atoms with Gasteiger partial charge < -0.3 is 5.32 Å². The third-order valence-electron chi connectivity index (χ3n) is 3.40. The summed E-state index contributed by atoms with van der Waals surface area (Å²) in [5, 5.41) is 7.31. The van der Waals surface area contributed by atoms with E-state index in [9.17, 15) is 8.42 Å². The van der Waals surface area contributed by atoms with Gasteiger partial charge in [-0.05, 0) is 18.6 Å². The standard InChI is InChI=1S/C13H15ClN4O2S/c1-17-13(10(14)9-16-17)21(19,20)18-8-4-7-15-11-5-2-3-6-12(11)18/h2-3,5-6,9,15H,4,7-8H2,1H3. The number of hydrogen-bond donors (Lipinski definition) is 1. The summed E-state index contributed by atoms with van der Waals surface area (Å²) in [6, 6.07) is 7.35. The number of nitrogens with zero attached hydrogens (tertiary/aromatic N) is 3. The summed E-state index contributed by atoms with van der Waals surface area (Å²) in [4.78, 5) is 0. The van der Waals surface area contributed by atoms with Crippen molar-refractivity contribution in [2.24, 2.45) is 7.05 Å². The van der Waals surface area contributed by atoms with Crippen molar-refractivity contribution in [2.75, 3.05) is 22.7 Å². The molecule has 1 N–H and O–H groups in total. The lowest BCUT2D eigenvalue weighted by atomic mass is 10.2. The minimum absolute atomic E-state index is 0.0147. The first-order valence-corrected chi connectivity index (χ1v) is 8.37. The van der Waals surface area contributed by atoms with Crippen LogP contribution in [0.3, 0.4) is 0 Å². The molecule has 0 saturated carbocycles. The molecule has 3 rings (SSSR count). The Bertz CT molecular complexity index is 753. The Hall–Kier alpha value is -1.73. The number of halogens is 1. The molecule has 21 heavy (non-hydrogen) atoms. The molecule has 0 amide bonds. The molecule has 1 aliphatic rings. The molecule has 0 unspecified atom stereocenters. The zero-order valence-corrected chi connectivity index (χ0v) is 13.0. The summed E-state index contributed by atoms with van der Waals surface area (Å²) < 4.78 is 28.6. The molecule has 112 valence electrons. The number of fused-ring (bicyclic) bond motifs is 1. The minimum Gasteiger partial charge on any atom is -0.383 e. The molecule has 0 atom stereocenters. The molecule has 1 aromatic carbocycles. The average Bonchev–Trinajstić information content (AvgIpc) is 2.68. The lowest BCUT2D eigenvalue weighted by Gasteiger charge is -2.24. The summed E-state index contributed by atoms with van der Waals surface area (Å²) in [6.07, 6.45) is 2.06. The summed E-state index contributed by atoms with van der Waals surface area (Å²) >= 11 is 6.01. The van der Waals surface area contributed by atoms with Gasteiger partial charge in [-0.25, -0.2) is 0 Å². The maximum absolute atomic E-state index is 13.0. The van der Waals surface area contributed by atoms with E-state index in [2.05, 4.69) is 10.4 Å². The third-order valence-corrected chi connectivity index (χ3v) is 5.72. The first-order valence-electron chi connectivity index (χ1n) is 6.55. The minimum atomic E-state index is -3.75. The van der Waals surface area contributed by atoms with Gasteiger partial charge in [-0.2, -0.15) is 13.5 Å². The molecule has 1 aliphatic heterocycles. The number of benzene rings is 1. The molecule has 0 saturated heterocycles. The van der Waals surface area contributed by atoms with Gasteiger partial charge in [0, 0.05) is 20.1 Å². The Kier molecular flexibility index (Phi) is 3.54. The molecule has 0 spiro atoms. The van der Waals surface area contributed by atoms with Gasteiger partial charge in [0.2, 0.25) is 0 Å². The maximum atomic E-state index is 13.0. The van der Waals surface area contributed by atoms with Crippen molar-refractivity contribution < 1.29 is 8.42 Å². The van der Waals surface area contributed by atoms with Gasteiger partial charge in [-0.1, -0.05) is 23.7 Å². The first-order chi connectivity index (χ1) is 10.0. The van der Waals surface area contributed by atoms with Crippen molar-refractivity contribution in [3.63, 3.8) is 0 Å². The van der Waals surface area contributed by atoms with Crippen LogP contribution in [-0.2, 0) is 17.1 Å². The highest BCUT2D eigenvalue weighted by Crippen LogP contribution is 2.34. The van der Waals surface area contributed by atoms with Gasteiger partial charge in [0.25, 0.3) is 10.0 Å². The van der Waals surface area contributed by atoms with E-state index >= 15 is 0 Å². The van der Waals surface area contributed by atoms with E-state index in [1.54, 1.807) is 13.1 Å². The monoisotopic (exact) mass is 326 g/mol. The Labute approximate surface area is 128 Å². The number of hydrogen-bond acceptors (Lipinski definition) is 4. The summed E-state index contributed by atoms with van der Waals surface area (Å²) in [5.74, 6) is 0. The van der Waals surface area contributed by atoms with E-state index in [4.69, 9.17) is 11.6 Å². The van der Waals surface area contributed by atoms with Crippen molar-refractivity contribution in [1.29, 1.82) is 0 Å². The van der Waals surface area contributed by atoms with Crippen LogP contribution in [0, 0.1) is 0 Å². The van der Waals surface area contributed by atoms with Crippen molar-refractivity contribution >= 4 is 33.0 Å². The lowest BCUT2D eigenvalue weighted by molar-refractivity contribution is 0.571.